The van der Waals surface area contributed by atoms with Gasteiger partial charge in [-0.1, -0.05) is 39.0 Å². The maximum atomic E-state index is 6.24. The van der Waals surface area contributed by atoms with Gasteiger partial charge in [-0.25, -0.2) is 0 Å². The van der Waals surface area contributed by atoms with E-state index in [1.165, 1.54) is 11.3 Å². The zero-order valence-electron chi connectivity index (χ0n) is 12.5. The smallest absolute Gasteiger partial charge is 0.0417 e. The molecule has 0 aliphatic rings. The zero-order valence-corrected chi connectivity index (χ0v) is 12.5. The molecule has 0 radical (unpaired) electrons. The summed E-state index contributed by atoms with van der Waals surface area (Å²) in [5, 5.41) is 0. The third-order valence-electron chi connectivity index (χ3n) is 3.27. The molecule has 2 N–H and O–H groups in total. The molecule has 0 aromatic heterocycles. The average molecular weight is 248 g/mol. The maximum Gasteiger partial charge on any atom is 0.0417 e. The van der Waals surface area contributed by atoms with Gasteiger partial charge in [0.15, 0.2) is 0 Å². The van der Waals surface area contributed by atoms with Crippen LogP contribution in [0.25, 0.3) is 0 Å². The van der Waals surface area contributed by atoms with Crippen LogP contribution in [0.5, 0.6) is 0 Å². The average Bonchev–Trinajstić information content (AvgIpc) is 2.34. The molecule has 0 spiro atoms. The SMILES string of the molecule is CC[C@H](N)c1ccccc1N(CC(C)C)C(C)C. The summed E-state index contributed by atoms with van der Waals surface area (Å²) >= 11 is 0. The van der Waals surface area contributed by atoms with Gasteiger partial charge in [0.2, 0.25) is 0 Å². The maximum absolute atomic E-state index is 6.24. The van der Waals surface area contributed by atoms with Gasteiger partial charge in [-0.2, -0.15) is 0 Å². The predicted molar refractivity (Wildman–Crippen MR) is 81.0 cm³/mol. The number of nitrogens with two attached hydrogens (primary N) is 1. The first-order chi connectivity index (χ1) is 8.47. The van der Waals surface area contributed by atoms with Crippen LogP contribution in [0.2, 0.25) is 0 Å². The molecule has 0 saturated carbocycles. The summed E-state index contributed by atoms with van der Waals surface area (Å²) in [6.07, 6.45) is 0.977. The molecule has 0 bridgehead atoms. The van der Waals surface area contributed by atoms with Gasteiger partial charge in [-0.15, -0.1) is 0 Å². The Morgan fingerprint density at radius 1 is 1.11 bits per heavy atom. The molecular weight excluding hydrogens is 220 g/mol. The van der Waals surface area contributed by atoms with Gasteiger partial charge in [-0.05, 0) is 37.8 Å². The van der Waals surface area contributed by atoms with E-state index in [9.17, 15) is 0 Å². The predicted octanol–water partition coefficient (Wildman–Crippen LogP) is 3.97. The summed E-state index contributed by atoms with van der Waals surface area (Å²) < 4.78 is 0. The van der Waals surface area contributed by atoms with Crippen molar-refractivity contribution in [2.24, 2.45) is 11.7 Å². The van der Waals surface area contributed by atoms with Gasteiger partial charge in [0.25, 0.3) is 0 Å². The summed E-state index contributed by atoms with van der Waals surface area (Å²) in [6, 6.07) is 9.19. The van der Waals surface area contributed by atoms with Crippen LogP contribution in [0.1, 0.15) is 52.6 Å². The van der Waals surface area contributed by atoms with Crippen molar-refractivity contribution in [3.63, 3.8) is 0 Å². The molecule has 0 aliphatic heterocycles. The fourth-order valence-electron chi connectivity index (χ4n) is 2.26. The lowest BCUT2D eigenvalue weighted by Crippen LogP contribution is -2.35. The third-order valence-corrected chi connectivity index (χ3v) is 3.27. The lowest BCUT2D eigenvalue weighted by Gasteiger charge is -2.33. The van der Waals surface area contributed by atoms with E-state index >= 15 is 0 Å². The Bertz CT molecular complexity index is 358. The Morgan fingerprint density at radius 2 is 1.72 bits per heavy atom. The Morgan fingerprint density at radius 3 is 2.22 bits per heavy atom. The first kappa shape index (κ1) is 15.0. The number of hydrogen-bond donors (Lipinski definition) is 1. The van der Waals surface area contributed by atoms with E-state index in [1.807, 2.05) is 0 Å². The highest BCUT2D eigenvalue weighted by molar-refractivity contribution is 5.55. The molecule has 18 heavy (non-hydrogen) atoms. The number of nitrogens with zero attached hydrogens (tertiary/aromatic N) is 1. The first-order valence-electron chi connectivity index (χ1n) is 7.08. The Balaban J connectivity index is 3.11. The van der Waals surface area contributed by atoms with Crippen molar-refractivity contribution >= 4 is 5.69 Å². The number of rotatable bonds is 6. The first-order valence-corrected chi connectivity index (χ1v) is 7.08. The van der Waals surface area contributed by atoms with E-state index in [4.69, 9.17) is 5.73 Å². The second kappa shape index (κ2) is 6.79. The van der Waals surface area contributed by atoms with E-state index in [2.05, 4.69) is 63.8 Å². The lowest BCUT2D eigenvalue weighted by atomic mass is 10.0. The molecule has 0 saturated heterocycles. The van der Waals surface area contributed by atoms with Crippen LogP contribution in [0.4, 0.5) is 5.69 Å². The fourth-order valence-corrected chi connectivity index (χ4v) is 2.26. The van der Waals surface area contributed by atoms with Gasteiger partial charge in [0, 0.05) is 24.3 Å². The molecule has 1 atom stereocenters. The van der Waals surface area contributed by atoms with E-state index in [0.29, 0.717) is 12.0 Å². The highest BCUT2D eigenvalue weighted by atomic mass is 15.2. The molecule has 2 heteroatoms. The van der Waals surface area contributed by atoms with Crippen molar-refractivity contribution < 1.29 is 0 Å². The minimum Gasteiger partial charge on any atom is -0.369 e. The van der Waals surface area contributed by atoms with E-state index in [1.54, 1.807) is 0 Å². The molecule has 0 aliphatic carbocycles. The minimum absolute atomic E-state index is 0.134. The Labute approximate surface area is 112 Å². The van der Waals surface area contributed by atoms with Crippen molar-refractivity contribution in [1.29, 1.82) is 0 Å². The molecular formula is C16H28N2. The van der Waals surface area contributed by atoms with Gasteiger partial charge < -0.3 is 10.6 Å². The molecule has 1 rings (SSSR count). The number of benzene rings is 1. The second-order valence-corrected chi connectivity index (χ2v) is 5.71. The largest absolute Gasteiger partial charge is 0.369 e. The number of para-hydroxylation sites is 1. The topological polar surface area (TPSA) is 29.3 Å². The highest BCUT2D eigenvalue weighted by Crippen LogP contribution is 2.28. The standard InChI is InChI=1S/C16H28N2/c1-6-15(17)14-9-7-8-10-16(14)18(13(4)5)11-12(2)3/h7-10,12-13,15H,6,11,17H2,1-5H3/t15-/m0/s1. The summed E-state index contributed by atoms with van der Waals surface area (Å²) in [5.41, 5.74) is 8.81. The van der Waals surface area contributed by atoms with Crippen molar-refractivity contribution in [3.05, 3.63) is 29.8 Å². The summed E-state index contributed by atoms with van der Waals surface area (Å²) in [6.45, 7) is 12.2. The monoisotopic (exact) mass is 248 g/mol. The number of hydrogen-bond acceptors (Lipinski definition) is 2. The van der Waals surface area contributed by atoms with Crippen LogP contribution in [0, 0.1) is 5.92 Å². The third kappa shape index (κ3) is 3.74. The zero-order chi connectivity index (χ0) is 13.7. The summed E-state index contributed by atoms with van der Waals surface area (Å²) in [5.74, 6) is 0.651. The quantitative estimate of drug-likeness (QED) is 0.825. The van der Waals surface area contributed by atoms with Crippen LogP contribution in [0.15, 0.2) is 24.3 Å². The molecule has 0 heterocycles. The van der Waals surface area contributed by atoms with Crippen molar-refractivity contribution in [2.75, 3.05) is 11.4 Å². The molecule has 1 aromatic rings. The van der Waals surface area contributed by atoms with Gasteiger partial charge >= 0.3 is 0 Å². The summed E-state index contributed by atoms with van der Waals surface area (Å²) in [4.78, 5) is 2.47. The Hall–Kier alpha value is -1.02. The highest BCUT2D eigenvalue weighted by Gasteiger charge is 2.17. The van der Waals surface area contributed by atoms with Gasteiger partial charge in [-0.3, -0.25) is 0 Å². The van der Waals surface area contributed by atoms with E-state index < -0.39 is 0 Å². The second-order valence-electron chi connectivity index (χ2n) is 5.71. The summed E-state index contributed by atoms with van der Waals surface area (Å²) in [7, 11) is 0. The fraction of sp³-hybridized carbons (Fsp3) is 0.625. The van der Waals surface area contributed by atoms with E-state index in [-0.39, 0.29) is 6.04 Å². The Kier molecular flexibility index (Phi) is 5.67. The van der Waals surface area contributed by atoms with Crippen LogP contribution < -0.4 is 10.6 Å². The van der Waals surface area contributed by atoms with Crippen LogP contribution >= 0.6 is 0 Å². The molecule has 0 amide bonds. The normalized spacial score (nSPS) is 13.1. The van der Waals surface area contributed by atoms with Crippen LogP contribution in [-0.4, -0.2) is 12.6 Å². The van der Waals surface area contributed by atoms with Crippen LogP contribution in [0.3, 0.4) is 0 Å². The van der Waals surface area contributed by atoms with Crippen molar-refractivity contribution in [2.45, 2.75) is 53.1 Å². The van der Waals surface area contributed by atoms with Gasteiger partial charge in [0.05, 0.1) is 0 Å². The van der Waals surface area contributed by atoms with Crippen molar-refractivity contribution in [1.82, 2.24) is 0 Å². The minimum atomic E-state index is 0.134. The molecule has 2 nitrogen and oxygen atoms in total. The molecule has 1 aromatic carbocycles. The van der Waals surface area contributed by atoms with Crippen molar-refractivity contribution in [3.8, 4) is 0 Å². The number of anilines is 1. The molecule has 0 unspecified atom stereocenters. The van der Waals surface area contributed by atoms with Crippen LogP contribution in [-0.2, 0) is 0 Å². The lowest BCUT2D eigenvalue weighted by molar-refractivity contribution is 0.565. The molecule has 102 valence electrons. The van der Waals surface area contributed by atoms with E-state index in [0.717, 1.165) is 13.0 Å². The molecule has 0 fully saturated rings. The van der Waals surface area contributed by atoms with Gasteiger partial charge in [0.1, 0.15) is 0 Å².